The van der Waals surface area contributed by atoms with Crippen molar-refractivity contribution < 1.29 is 12.6 Å². The number of nitrogens with two attached hydrogens (primary N) is 1. The van der Waals surface area contributed by atoms with Gasteiger partial charge in [0.05, 0.1) is 0 Å². The van der Waals surface area contributed by atoms with Crippen LogP contribution in [0.2, 0.25) is 0 Å². The van der Waals surface area contributed by atoms with Crippen LogP contribution in [0.4, 0.5) is 0 Å². The first-order valence-corrected chi connectivity index (χ1v) is 10.2. The molecule has 0 bridgehead atoms. The summed E-state index contributed by atoms with van der Waals surface area (Å²) < 4.78 is 27.1. The van der Waals surface area contributed by atoms with Crippen molar-refractivity contribution in [1.82, 2.24) is 0 Å². The first-order chi connectivity index (χ1) is 10.9. The zero-order chi connectivity index (χ0) is 16.2. The van der Waals surface area contributed by atoms with E-state index in [1.54, 1.807) is 6.08 Å². The predicted molar refractivity (Wildman–Crippen MR) is 89.3 cm³/mol. The number of hydrogen-bond acceptors (Lipinski definition) is 3. The molecule has 0 aromatic heterocycles. The zero-order valence-corrected chi connectivity index (χ0v) is 14.4. The highest BCUT2D eigenvalue weighted by atomic mass is 32.2. The van der Waals surface area contributed by atoms with E-state index in [1.165, 1.54) is 37.7 Å². The summed E-state index contributed by atoms with van der Waals surface area (Å²) >= 11 is 0. The highest BCUT2D eigenvalue weighted by Crippen LogP contribution is 2.60. The van der Waals surface area contributed by atoms with Crippen LogP contribution in [-0.2, 0) is 14.5 Å². The van der Waals surface area contributed by atoms with E-state index in [0.29, 0.717) is 23.0 Å². The van der Waals surface area contributed by atoms with E-state index in [1.807, 2.05) is 6.08 Å². The summed E-state index contributed by atoms with van der Waals surface area (Å²) in [5.74, 6) is 3.07. The Balaban J connectivity index is 1.60. The van der Waals surface area contributed by atoms with Crippen molar-refractivity contribution in [3.63, 3.8) is 0 Å². The molecule has 23 heavy (non-hydrogen) atoms. The van der Waals surface area contributed by atoms with Gasteiger partial charge in [-0.25, -0.2) is 0 Å². The number of fused-ring (bicyclic) bond motifs is 5. The molecule has 126 valence electrons. The lowest BCUT2D eigenvalue weighted by atomic mass is 9.54. The van der Waals surface area contributed by atoms with Gasteiger partial charge in [-0.2, -0.15) is 13.6 Å². The third-order valence-electron chi connectivity index (χ3n) is 6.73. The van der Waals surface area contributed by atoms with Crippen molar-refractivity contribution in [3.05, 3.63) is 35.6 Å². The highest BCUT2D eigenvalue weighted by molar-refractivity contribution is 7.84. The van der Waals surface area contributed by atoms with E-state index in [4.69, 9.17) is 9.32 Å². The van der Waals surface area contributed by atoms with Crippen molar-refractivity contribution in [2.24, 2.45) is 34.2 Å². The Kier molecular flexibility index (Phi) is 3.50. The monoisotopic (exact) mass is 335 g/mol. The van der Waals surface area contributed by atoms with Gasteiger partial charge in [-0.1, -0.05) is 25.5 Å². The predicted octanol–water partition coefficient (Wildman–Crippen LogP) is 3.44. The van der Waals surface area contributed by atoms with Crippen LogP contribution in [-0.4, -0.2) is 8.42 Å². The van der Waals surface area contributed by atoms with Gasteiger partial charge in [-0.3, -0.25) is 0 Å². The Hall–Kier alpha value is -1.07. The van der Waals surface area contributed by atoms with Gasteiger partial charge in [0.15, 0.2) is 0 Å². The van der Waals surface area contributed by atoms with Crippen LogP contribution in [0.5, 0.6) is 0 Å². The topological polar surface area (TPSA) is 69.4 Å². The van der Waals surface area contributed by atoms with Crippen molar-refractivity contribution >= 4 is 10.3 Å². The average molecular weight is 335 g/mol. The molecule has 5 atom stereocenters. The van der Waals surface area contributed by atoms with Gasteiger partial charge in [0.1, 0.15) is 5.76 Å². The van der Waals surface area contributed by atoms with E-state index in [2.05, 4.69) is 19.1 Å². The molecule has 4 rings (SSSR count). The van der Waals surface area contributed by atoms with E-state index < -0.39 is 10.3 Å². The largest absolute Gasteiger partial charge is 0.380 e. The molecular formula is C18H25NO3S. The van der Waals surface area contributed by atoms with Crippen LogP contribution in [0.1, 0.15) is 45.4 Å². The second-order valence-corrected chi connectivity index (χ2v) is 9.12. The van der Waals surface area contributed by atoms with Gasteiger partial charge < -0.3 is 4.18 Å². The van der Waals surface area contributed by atoms with Crippen molar-refractivity contribution in [2.45, 2.75) is 45.4 Å². The average Bonchev–Trinajstić information content (AvgIpc) is 2.86. The standard InChI is InChI=1S/C18H25NO3S/c1-18-9-2-3-17(18)16-6-4-12-11-13(22-23(19,20)21)5-7-14(12)15(16)8-10-18/h4-5,7,11,14-17H,2-3,6,8-10H2,1H3,(H2,19,20,21)/t14-,15+,16+,17-,18-/m0/s1. The number of rotatable bonds is 2. The van der Waals surface area contributed by atoms with Gasteiger partial charge in [-0.05, 0) is 73.0 Å². The third-order valence-corrected chi connectivity index (χ3v) is 7.16. The molecule has 0 radical (unpaired) electrons. The summed E-state index contributed by atoms with van der Waals surface area (Å²) in [6, 6.07) is 0. The molecule has 4 nitrogen and oxygen atoms in total. The molecule has 0 amide bonds. The normalized spacial score (nSPS) is 42.2. The van der Waals surface area contributed by atoms with Crippen LogP contribution in [0.25, 0.3) is 0 Å². The van der Waals surface area contributed by atoms with Crippen LogP contribution < -0.4 is 5.14 Å². The summed E-state index contributed by atoms with van der Waals surface area (Å²) in [7, 11) is -3.95. The minimum absolute atomic E-state index is 0.329. The molecule has 0 spiro atoms. The Morgan fingerprint density at radius 1 is 1.26 bits per heavy atom. The maximum absolute atomic E-state index is 11.1. The first kappa shape index (κ1) is 15.5. The van der Waals surface area contributed by atoms with E-state index >= 15 is 0 Å². The lowest BCUT2D eigenvalue weighted by Crippen LogP contribution is -2.42. The molecule has 5 heteroatoms. The summed E-state index contributed by atoms with van der Waals surface area (Å²) in [5.41, 5.74) is 1.76. The third kappa shape index (κ3) is 2.68. The molecule has 2 fully saturated rings. The van der Waals surface area contributed by atoms with Crippen LogP contribution in [0.3, 0.4) is 0 Å². The highest BCUT2D eigenvalue weighted by Gasteiger charge is 2.51. The van der Waals surface area contributed by atoms with Crippen LogP contribution in [0.15, 0.2) is 35.6 Å². The summed E-state index contributed by atoms with van der Waals surface area (Å²) in [5, 5.41) is 4.97. The second kappa shape index (κ2) is 5.21. The minimum atomic E-state index is -3.95. The SMILES string of the molecule is C[C@@]12CCC[C@H]1[C@@H]1CC=C3C=C(OS(N)(=O)=O)C=C[C@@H]3[C@H]1CC2. The van der Waals surface area contributed by atoms with E-state index in [0.717, 1.165) is 18.3 Å². The summed E-state index contributed by atoms with van der Waals surface area (Å²) in [6.07, 6.45) is 15.9. The smallest absolute Gasteiger partial charge is 0.371 e. The van der Waals surface area contributed by atoms with Crippen molar-refractivity contribution in [1.29, 1.82) is 0 Å². The molecule has 2 saturated carbocycles. The molecule has 2 N–H and O–H groups in total. The molecule has 0 aromatic rings. The molecule has 0 unspecified atom stereocenters. The maximum Gasteiger partial charge on any atom is 0.380 e. The summed E-state index contributed by atoms with van der Waals surface area (Å²) in [4.78, 5) is 0. The van der Waals surface area contributed by atoms with Gasteiger partial charge in [0.25, 0.3) is 0 Å². The molecule has 0 heterocycles. The summed E-state index contributed by atoms with van der Waals surface area (Å²) in [6.45, 7) is 2.49. The Labute approximate surface area is 138 Å². The second-order valence-electron chi connectivity index (χ2n) is 7.97. The maximum atomic E-state index is 11.1. The first-order valence-electron chi connectivity index (χ1n) is 8.68. The van der Waals surface area contributed by atoms with Crippen LogP contribution >= 0.6 is 0 Å². The molecular weight excluding hydrogens is 310 g/mol. The Bertz CT molecular complexity index is 706. The molecule has 4 aliphatic rings. The lowest BCUT2D eigenvalue weighted by Gasteiger charge is -2.50. The fraction of sp³-hybridized carbons (Fsp3) is 0.667. The minimum Gasteiger partial charge on any atom is -0.371 e. The van der Waals surface area contributed by atoms with Crippen LogP contribution in [0, 0.1) is 29.1 Å². The van der Waals surface area contributed by atoms with E-state index in [-0.39, 0.29) is 0 Å². The van der Waals surface area contributed by atoms with Gasteiger partial charge in [0.2, 0.25) is 0 Å². The fourth-order valence-corrected chi connectivity index (χ4v) is 6.13. The molecule has 0 aromatic carbocycles. The van der Waals surface area contributed by atoms with Gasteiger partial charge in [-0.15, -0.1) is 0 Å². The van der Waals surface area contributed by atoms with Crippen molar-refractivity contribution in [3.8, 4) is 0 Å². The number of allylic oxidation sites excluding steroid dienone is 5. The quantitative estimate of drug-likeness (QED) is 0.840. The van der Waals surface area contributed by atoms with E-state index in [9.17, 15) is 8.42 Å². The van der Waals surface area contributed by atoms with Crippen molar-refractivity contribution in [2.75, 3.05) is 0 Å². The lowest BCUT2D eigenvalue weighted by molar-refractivity contribution is 0.0245. The fourth-order valence-electron chi connectivity index (χ4n) is 5.76. The zero-order valence-electron chi connectivity index (χ0n) is 13.6. The molecule has 4 aliphatic carbocycles. The molecule has 0 aliphatic heterocycles. The molecule has 0 saturated heterocycles. The van der Waals surface area contributed by atoms with Gasteiger partial charge >= 0.3 is 10.3 Å². The number of hydrogen-bond donors (Lipinski definition) is 1. The van der Waals surface area contributed by atoms with Gasteiger partial charge in [0, 0.05) is 5.92 Å². The Morgan fingerprint density at radius 2 is 2.09 bits per heavy atom. The Morgan fingerprint density at radius 3 is 2.87 bits per heavy atom.